The summed E-state index contributed by atoms with van der Waals surface area (Å²) in [6, 6.07) is 0. The molecule has 0 amide bonds. The fraction of sp³-hybridized carbons (Fsp3) is 0.833. The third-order valence-electron chi connectivity index (χ3n) is 5.12. The molecule has 0 spiro atoms. The minimum absolute atomic E-state index is 0.229. The molecule has 176 valence electrons. The Hall–Kier alpha value is -1.40. The van der Waals surface area contributed by atoms with Gasteiger partial charge >= 0.3 is 11.9 Å². The standard InChI is InChI=1S/C24H46N2O4/c1-2-3-4-5-6-7-8-9-10-11-12-13-14-15-16-19-22-26-30-24(28)21-18-17-20-23(27)29-25/h9-10,26H,2-8,11-22,25H2,1H3/b10-9-. The molecule has 0 aromatic rings. The number of carbonyl (C=O) groups is 2. The summed E-state index contributed by atoms with van der Waals surface area (Å²) in [5.41, 5.74) is 2.73. The lowest BCUT2D eigenvalue weighted by Crippen LogP contribution is -2.21. The molecule has 0 aliphatic rings. The molecule has 3 N–H and O–H groups in total. The van der Waals surface area contributed by atoms with E-state index in [1.807, 2.05) is 0 Å². The quantitative estimate of drug-likeness (QED) is 0.124. The van der Waals surface area contributed by atoms with Crippen molar-refractivity contribution in [1.29, 1.82) is 0 Å². The van der Waals surface area contributed by atoms with Gasteiger partial charge in [-0.1, -0.05) is 76.9 Å². The third kappa shape index (κ3) is 22.9. The summed E-state index contributed by atoms with van der Waals surface area (Å²) in [5, 5.41) is 0. The van der Waals surface area contributed by atoms with Gasteiger partial charge in [-0.15, -0.1) is 0 Å². The van der Waals surface area contributed by atoms with Gasteiger partial charge in [-0.3, -0.25) is 9.59 Å². The minimum Gasteiger partial charge on any atom is -0.373 e. The Balaban J connectivity index is 3.21. The van der Waals surface area contributed by atoms with Crippen LogP contribution in [-0.2, 0) is 19.3 Å². The van der Waals surface area contributed by atoms with Crippen molar-refractivity contribution in [2.45, 2.75) is 122 Å². The predicted octanol–water partition coefficient (Wildman–Crippen LogP) is 6.05. The summed E-state index contributed by atoms with van der Waals surface area (Å²) in [5.74, 6) is 3.99. The van der Waals surface area contributed by atoms with E-state index in [-0.39, 0.29) is 18.8 Å². The Morgan fingerprint density at radius 3 is 1.77 bits per heavy atom. The Bertz CT molecular complexity index is 427. The number of unbranched alkanes of at least 4 members (excludes halogenated alkanes) is 13. The number of carbonyl (C=O) groups excluding carboxylic acids is 2. The first-order chi connectivity index (χ1) is 14.7. The van der Waals surface area contributed by atoms with Gasteiger partial charge in [0.05, 0.1) is 0 Å². The zero-order chi connectivity index (χ0) is 22.1. The minimum atomic E-state index is -0.457. The lowest BCUT2D eigenvalue weighted by atomic mass is 10.1. The van der Waals surface area contributed by atoms with Crippen molar-refractivity contribution in [3.8, 4) is 0 Å². The molecule has 0 heterocycles. The van der Waals surface area contributed by atoms with Crippen LogP contribution in [0.4, 0.5) is 0 Å². The summed E-state index contributed by atoms with van der Waals surface area (Å²) < 4.78 is 0. The summed E-state index contributed by atoms with van der Waals surface area (Å²) in [7, 11) is 0. The van der Waals surface area contributed by atoms with Crippen LogP contribution in [0.1, 0.15) is 122 Å². The highest BCUT2D eigenvalue weighted by molar-refractivity contribution is 5.70. The van der Waals surface area contributed by atoms with Crippen LogP contribution in [0.5, 0.6) is 0 Å². The lowest BCUT2D eigenvalue weighted by Gasteiger charge is -2.06. The van der Waals surface area contributed by atoms with Gasteiger partial charge in [0.15, 0.2) is 0 Å². The first kappa shape index (κ1) is 28.6. The van der Waals surface area contributed by atoms with Crippen molar-refractivity contribution in [2.24, 2.45) is 5.90 Å². The number of allylic oxidation sites excluding steroid dienone is 2. The molecule has 0 bridgehead atoms. The van der Waals surface area contributed by atoms with Crippen molar-refractivity contribution >= 4 is 11.9 Å². The van der Waals surface area contributed by atoms with Crippen LogP contribution in [0.25, 0.3) is 0 Å². The van der Waals surface area contributed by atoms with Crippen molar-refractivity contribution < 1.29 is 19.3 Å². The zero-order valence-electron chi connectivity index (χ0n) is 19.3. The molecule has 0 saturated carbocycles. The van der Waals surface area contributed by atoms with E-state index < -0.39 is 5.97 Å². The van der Waals surface area contributed by atoms with E-state index in [1.54, 1.807) is 0 Å². The Kier molecular flexibility index (Phi) is 22.8. The molecule has 0 aliphatic heterocycles. The number of nitrogens with two attached hydrogens (primary N) is 1. The highest BCUT2D eigenvalue weighted by Gasteiger charge is 2.05. The molecule has 0 radical (unpaired) electrons. The number of hydrogen-bond donors (Lipinski definition) is 2. The van der Waals surface area contributed by atoms with E-state index in [9.17, 15) is 9.59 Å². The number of hydrogen-bond acceptors (Lipinski definition) is 6. The van der Waals surface area contributed by atoms with E-state index in [0.29, 0.717) is 19.4 Å². The molecule has 0 unspecified atom stereocenters. The largest absolute Gasteiger partial charge is 0.373 e. The second-order valence-electron chi connectivity index (χ2n) is 8.00. The molecular formula is C24H46N2O4. The average Bonchev–Trinajstić information content (AvgIpc) is 2.75. The highest BCUT2D eigenvalue weighted by Crippen LogP contribution is 2.10. The monoisotopic (exact) mass is 426 g/mol. The number of nitrogens with one attached hydrogen (secondary N) is 1. The first-order valence-corrected chi connectivity index (χ1v) is 12.2. The highest BCUT2D eigenvalue weighted by atomic mass is 16.7. The fourth-order valence-electron chi connectivity index (χ4n) is 3.22. The van der Waals surface area contributed by atoms with Crippen LogP contribution in [0.15, 0.2) is 12.2 Å². The maximum Gasteiger partial charge on any atom is 0.324 e. The zero-order valence-corrected chi connectivity index (χ0v) is 19.3. The second kappa shape index (κ2) is 23.9. The molecule has 30 heavy (non-hydrogen) atoms. The van der Waals surface area contributed by atoms with E-state index in [4.69, 9.17) is 10.7 Å². The molecule has 0 rings (SSSR count). The van der Waals surface area contributed by atoms with E-state index in [1.165, 1.54) is 77.0 Å². The van der Waals surface area contributed by atoms with Gasteiger partial charge in [0.2, 0.25) is 0 Å². The van der Waals surface area contributed by atoms with E-state index in [0.717, 1.165) is 12.8 Å². The van der Waals surface area contributed by atoms with E-state index >= 15 is 0 Å². The van der Waals surface area contributed by atoms with Gasteiger partial charge in [0.1, 0.15) is 0 Å². The number of hydroxylamine groups is 1. The molecule has 6 heteroatoms. The molecular weight excluding hydrogens is 380 g/mol. The molecule has 0 aromatic heterocycles. The molecule has 0 aliphatic carbocycles. The molecule has 0 fully saturated rings. The van der Waals surface area contributed by atoms with Gasteiger partial charge in [0.25, 0.3) is 0 Å². The van der Waals surface area contributed by atoms with Gasteiger partial charge in [-0.25, -0.2) is 0 Å². The maximum absolute atomic E-state index is 11.5. The second-order valence-corrected chi connectivity index (χ2v) is 8.00. The van der Waals surface area contributed by atoms with Gasteiger partial charge in [-0.2, -0.15) is 11.4 Å². The Labute approximate surface area is 184 Å². The maximum atomic E-state index is 11.5. The van der Waals surface area contributed by atoms with Crippen LogP contribution < -0.4 is 11.4 Å². The topological polar surface area (TPSA) is 90.6 Å². The summed E-state index contributed by atoms with van der Waals surface area (Å²) in [6.45, 7) is 2.95. The smallest absolute Gasteiger partial charge is 0.324 e. The van der Waals surface area contributed by atoms with Crippen LogP contribution in [0, 0.1) is 0 Å². The van der Waals surface area contributed by atoms with Crippen LogP contribution in [0.2, 0.25) is 0 Å². The Morgan fingerprint density at radius 2 is 1.20 bits per heavy atom. The molecule has 0 aromatic carbocycles. The normalized spacial score (nSPS) is 11.1. The molecule has 0 atom stereocenters. The predicted molar refractivity (Wildman–Crippen MR) is 122 cm³/mol. The SMILES string of the molecule is CCCCCCCC/C=C\CCCCCCCCNOC(=O)CCCCC(=O)ON. The van der Waals surface area contributed by atoms with Crippen molar-refractivity contribution in [1.82, 2.24) is 5.48 Å². The summed E-state index contributed by atoms with van der Waals surface area (Å²) in [6.07, 6.45) is 24.3. The van der Waals surface area contributed by atoms with Gasteiger partial charge < -0.3 is 9.68 Å². The summed E-state index contributed by atoms with van der Waals surface area (Å²) >= 11 is 0. The van der Waals surface area contributed by atoms with Crippen molar-refractivity contribution in [3.05, 3.63) is 12.2 Å². The van der Waals surface area contributed by atoms with Crippen molar-refractivity contribution in [2.75, 3.05) is 6.54 Å². The van der Waals surface area contributed by atoms with Crippen LogP contribution >= 0.6 is 0 Å². The molecule has 0 saturated heterocycles. The first-order valence-electron chi connectivity index (χ1n) is 12.2. The summed E-state index contributed by atoms with van der Waals surface area (Å²) in [4.78, 5) is 31.3. The number of rotatable bonds is 22. The molecule has 6 nitrogen and oxygen atoms in total. The average molecular weight is 427 g/mol. The van der Waals surface area contributed by atoms with Gasteiger partial charge in [-0.05, 0) is 44.9 Å². The fourth-order valence-corrected chi connectivity index (χ4v) is 3.22. The van der Waals surface area contributed by atoms with Crippen molar-refractivity contribution in [3.63, 3.8) is 0 Å². The van der Waals surface area contributed by atoms with Crippen LogP contribution in [-0.4, -0.2) is 18.5 Å². The Morgan fingerprint density at radius 1 is 0.700 bits per heavy atom. The van der Waals surface area contributed by atoms with E-state index in [2.05, 4.69) is 29.4 Å². The lowest BCUT2D eigenvalue weighted by molar-refractivity contribution is -0.151. The third-order valence-corrected chi connectivity index (χ3v) is 5.12. The van der Waals surface area contributed by atoms with Crippen LogP contribution in [0.3, 0.4) is 0 Å². The van der Waals surface area contributed by atoms with Gasteiger partial charge in [0, 0.05) is 19.4 Å².